The molecule has 0 saturated carbocycles. The van der Waals surface area contributed by atoms with Gasteiger partial charge in [-0.3, -0.25) is 4.79 Å². The van der Waals surface area contributed by atoms with E-state index in [-0.39, 0.29) is 18.3 Å². The van der Waals surface area contributed by atoms with E-state index >= 15 is 0 Å². The number of rotatable bonds is 6. The van der Waals surface area contributed by atoms with Crippen LogP contribution >= 0.6 is 11.3 Å². The lowest BCUT2D eigenvalue weighted by Gasteiger charge is -2.29. The van der Waals surface area contributed by atoms with E-state index in [1.54, 1.807) is 18.4 Å². The molecule has 0 aliphatic heterocycles. The highest BCUT2D eigenvalue weighted by Crippen LogP contribution is 2.39. The van der Waals surface area contributed by atoms with Crippen molar-refractivity contribution in [2.24, 2.45) is 5.92 Å². The molecule has 0 spiro atoms. The molecule has 1 rings (SSSR count). The van der Waals surface area contributed by atoms with Crippen molar-refractivity contribution < 1.29 is 9.53 Å². The monoisotopic (exact) mass is 290 g/mol. The summed E-state index contributed by atoms with van der Waals surface area (Å²) in [5, 5.41) is 20.3. The Hall–Kier alpha value is -1.85. The number of hydrogen-bond acceptors (Lipinski definition) is 5. The van der Waals surface area contributed by atoms with Gasteiger partial charge in [0.25, 0.3) is 0 Å². The minimum atomic E-state index is -0.744. The van der Waals surface area contributed by atoms with Gasteiger partial charge in [-0.2, -0.15) is 10.5 Å². The van der Waals surface area contributed by atoms with Crippen LogP contribution in [0.5, 0.6) is 0 Å². The second-order valence-electron chi connectivity index (χ2n) is 4.85. The van der Waals surface area contributed by atoms with Crippen LogP contribution < -0.4 is 0 Å². The zero-order chi connectivity index (χ0) is 15.2. The second kappa shape index (κ2) is 7.07. The molecule has 4 nitrogen and oxygen atoms in total. The number of hydrogen-bond donors (Lipinski definition) is 0. The normalized spacial score (nSPS) is 13.3. The van der Waals surface area contributed by atoms with Crippen LogP contribution in [-0.4, -0.2) is 12.6 Å². The fraction of sp³-hybridized carbons (Fsp3) is 0.533. The maximum Gasteiger partial charge on any atom is 0.305 e. The van der Waals surface area contributed by atoms with Gasteiger partial charge in [-0.25, -0.2) is 0 Å². The first-order valence-electron chi connectivity index (χ1n) is 6.56. The van der Waals surface area contributed by atoms with Crippen molar-refractivity contribution >= 4 is 17.3 Å². The summed E-state index contributed by atoms with van der Waals surface area (Å²) in [6, 6.07) is 6.19. The maximum atomic E-state index is 11.5. The zero-order valence-corrected chi connectivity index (χ0v) is 12.8. The number of nitriles is 2. The molecule has 1 unspecified atom stereocenters. The van der Waals surface area contributed by atoms with E-state index in [4.69, 9.17) is 10.00 Å². The van der Waals surface area contributed by atoms with Gasteiger partial charge in [0, 0.05) is 16.7 Å². The molecule has 0 radical (unpaired) electrons. The molecule has 20 heavy (non-hydrogen) atoms. The van der Waals surface area contributed by atoms with Crippen molar-refractivity contribution in [2.75, 3.05) is 6.61 Å². The van der Waals surface area contributed by atoms with Crippen molar-refractivity contribution in [2.45, 2.75) is 39.0 Å². The van der Waals surface area contributed by atoms with Crippen LogP contribution in [0.1, 0.15) is 44.1 Å². The lowest BCUT2D eigenvalue weighted by Crippen LogP contribution is -2.30. The zero-order valence-electron chi connectivity index (χ0n) is 12.0. The van der Waals surface area contributed by atoms with Crippen LogP contribution in [0.25, 0.3) is 0 Å². The fourth-order valence-electron chi connectivity index (χ4n) is 2.10. The first-order valence-corrected chi connectivity index (χ1v) is 7.44. The third-order valence-corrected chi connectivity index (χ3v) is 4.49. The van der Waals surface area contributed by atoms with E-state index in [0.29, 0.717) is 18.6 Å². The molecular weight excluding hydrogens is 272 g/mol. The maximum absolute atomic E-state index is 11.5. The molecule has 0 aliphatic carbocycles. The van der Waals surface area contributed by atoms with Crippen LogP contribution in [0.15, 0.2) is 11.4 Å². The average molecular weight is 290 g/mol. The molecule has 1 aromatic heterocycles. The minimum absolute atomic E-state index is 0.0483. The molecule has 0 N–H and O–H groups in total. The molecule has 1 heterocycles. The summed E-state index contributed by atoms with van der Waals surface area (Å²) in [6.45, 7) is 6.02. The van der Waals surface area contributed by atoms with Gasteiger partial charge in [0.1, 0.15) is 6.07 Å². The van der Waals surface area contributed by atoms with Crippen LogP contribution in [0.4, 0.5) is 0 Å². The van der Waals surface area contributed by atoms with Crippen molar-refractivity contribution in [1.29, 1.82) is 10.5 Å². The molecular formula is C15H18N2O2S. The standard InChI is InChI=1S/C15H18N2O2S/c1-4-19-14(18)5-6-15(10-17,11(2)3)13-7-12(8-16)9-20-13/h7,9,11H,4-6H2,1-3H3. The number of nitrogens with zero attached hydrogens (tertiary/aromatic N) is 2. The van der Waals surface area contributed by atoms with E-state index in [2.05, 4.69) is 12.1 Å². The third-order valence-electron chi connectivity index (χ3n) is 3.38. The van der Waals surface area contributed by atoms with Crippen LogP contribution in [-0.2, 0) is 14.9 Å². The van der Waals surface area contributed by atoms with Gasteiger partial charge in [0.05, 0.1) is 23.7 Å². The van der Waals surface area contributed by atoms with Crippen LogP contribution in [0, 0.1) is 28.6 Å². The molecule has 1 aromatic rings. The number of carbonyl (C=O) groups excluding carboxylic acids is 1. The van der Waals surface area contributed by atoms with Crippen molar-refractivity contribution in [3.8, 4) is 12.1 Å². The quantitative estimate of drug-likeness (QED) is 0.753. The predicted octanol–water partition coefficient (Wildman–Crippen LogP) is 3.38. The lowest BCUT2D eigenvalue weighted by molar-refractivity contribution is -0.143. The summed E-state index contributed by atoms with van der Waals surface area (Å²) in [6.07, 6.45) is 0.616. The molecule has 5 heteroatoms. The van der Waals surface area contributed by atoms with E-state index in [1.807, 2.05) is 13.8 Å². The van der Waals surface area contributed by atoms with Gasteiger partial charge >= 0.3 is 5.97 Å². The summed E-state index contributed by atoms with van der Waals surface area (Å²) in [7, 11) is 0. The SMILES string of the molecule is CCOC(=O)CCC(C#N)(c1cc(C#N)cs1)C(C)C. The van der Waals surface area contributed by atoms with E-state index in [9.17, 15) is 10.1 Å². The molecule has 106 valence electrons. The van der Waals surface area contributed by atoms with E-state index in [1.165, 1.54) is 11.3 Å². The Bertz CT molecular complexity index is 551. The Kier molecular flexibility index (Phi) is 5.73. The summed E-state index contributed by atoms with van der Waals surface area (Å²) < 4.78 is 4.93. The van der Waals surface area contributed by atoms with Gasteiger partial charge in [-0.15, -0.1) is 11.3 Å². The van der Waals surface area contributed by atoms with Crippen molar-refractivity contribution in [3.63, 3.8) is 0 Å². The van der Waals surface area contributed by atoms with E-state index in [0.717, 1.165) is 4.88 Å². The highest BCUT2D eigenvalue weighted by molar-refractivity contribution is 7.10. The summed E-state index contributed by atoms with van der Waals surface area (Å²) >= 11 is 1.40. The summed E-state index contributed by atoms with van der Waals surface area (Å²) in [5.74, 6) is -0.239. The second-order valence-corrected chi connectivity index (χ2v) is 5.77. The number of ether oxygens (including phenoxy) is 1. The highest BCUT2D eigenvalue weighted by atomic mass is 32.1. The predicted molar refractivity (Wildman–Crippen MR) is 77.0 cm³/mol. The Morgan fingerprint density at radius 1 is 1.50 bits per heavy atom. The fourth-order valence-corrected chi connectivity index (χ4v) is 3.26. The Morgan fingerprint density at radius 2 is 2.20 bits per heavy atom. The van der Waals surface area contributed by atoms with E-state index < -0.39 is 5.41 Å². The van der Waals surface area contributed by atoms with Crippen LogP contribution in [0.3, 0.4) is 0 Å². The molecule has 1 atom stereocenters. The van der Waals surface area contributed by atoms with Gasteiger partial charge in [0.15, 0.2) is 0 Å². The Morgan fingerprint density at radius 3 is 2.65 bits per heavy atom. The van der Waals surface area contributed by atoms with Gasteiger partial charge in [-0.05, 0) is 25.3 Å². The molecule has 0 aliphatic rings. The van der Waals surface area contributed by atoms with Crippen LogP contribution in [0.2, 0.25) is 0 Å². The Balaban J connectivity index is 3.02. The molecule has 0 saturated heterocycles. The third kappa shape index (κ3) is 3.37. The van der Waals surface area contributed by atoms with Crippen molar-refractivity contribution in [3.05, 3.63) is 21.9 Å². The highest BCUT2D eigenvalue weighted by Gasteiger charge is 2.38. The molecule has 0 amide bonds. The summed E-state index contributed by atoms with van der Waals surface area (Å²) in [5.41, 5.74) is -0.187. The number of esters is 1. The topological polar surface area (TPSA) is 73.9 Å². The van der Waals surface area contributed by atoms with Gasteiger partial charge in [-0.1, -0.05) is 13.8 Å². The average Bonchev–Trinajstić information content (AvgIpc) is 2.89. The first kappa shape index (κ1) is 16.2. The van der Waals surface area contributed by atoms with Gasteiger partial charge < -0.3 is 4.74 Å². The van der Waals surface area contributed by atoms with Gasteiger partial charge in [0.2, 0.25) is 0 Å². The Labute approximate surface area is 123 Å². The smallest absolute Gasteiger partial charge is 0.305 e. The molecule has 0 fully saturated rings. The number of carbonyl (C=O) groups is 1. The van der Waals surface area contributed by atoms with Crippen molar-refractivity contribution in [1.82, 2.24) is 0 Å². The molecule has 0 bridgehead atoms. The largest absolute Gasteiger partial charge is 0.466 e. The lowest BCUT2D eigenvalue weighted by atomic mass is 9.73. The summed E-state index contributed by atoms with van der Waals surface area (Å²) in [4.78, 5) is 12.4. The number of thiophene rings is 1. The minimum Gasteiger partial charge on any atom is -0.466 e. The molecule has 0 aromatic carbocycles. The first-order chi connectivity index (χ1) is 9.50.